The standard InChI is InChI=1S/C14H18O6/c1-6-19-9(2)20-14(15)10-7-11(16-3)13(18-5)12(8-10)17-4/h7-8H,2,6H2,1,3-5H3. The molecule has 6 heteroatoms. The first-order valence-electron chi connectivity index (χ1n) is 5.91. The molecule has 6 nitrogen and oxygen atoms in total. The van der Waals surface area contributed by atoms with E-state index in [0.29, 0.717) is 23.9 Å². The topological polar surface area (TPSA) is 63.2 Å². The first kappa shape index (κ1) is 15.7. The van der Waals surface area contributed by atoms with E-state index in [2.05, 4.69) is 6.58 Å². The molecule has 1 aromatic rings. The lowest BCUT2D eigenvalue weighted by molar-refractivity contribution is 0.0291. The van der Waals surface area contributed by atoms with Crippen LogP contribution < -0.4 is 14.2 Å². The summed E-state index contributed by atoms with van der Waals surface area (Å²) in [5, 5.41) is 0. The van der Waals surface area contributed by atoms with Crippen molar-refractivity contribution in [3.8, 4) is 17.2 Å². The zero-order valence-corrected chi connectivity index (χ0v) is 12.0. The van der Waals surface area contributed by atoms with Crippen molar-refractivity contribution in [1.82, 2.24) is 0 Å². The molecule has 0 atom stereocenters. The maximum absolute atomic E-state index is 12.0. The highest BCUT2D eigenvalue weighted by molar-refractivity contribution is 5.91. The van der Waals surface area contributed by atoms with Crippen molar-refractivity contribution >= 4 is 5.97 Å². The van der Waals surface area contributed by atoms with Crippen molar-refractivity contribution in [3.05, 3.63) is 30.2 Å². The van der Waals surface area contributed by atoms with E-state index in [9.17, 15) is 4.79 Å². The molecule has 0 saturated carbocycles. The number of rotatable bonds is 7. The van der Waals surface area contributed by atoms with E-state index in [4.69, 9.17) is 23.7 Å². The second-order valence-electron chi connectivity index (χ2n) is 3.61. The predicted octanol–water partition coefficient (Wildman–Crippen LogP) is 2.38. The van der Waals surface area contributed by atoms with Crippen LogP contribution in [0.2, 0.25) is 0 Å². The van der Waals surface area contributed by atoms with E-state index < -0.39 is 5.97 Å². The molecule has 1 rings (SSSR count). The molecule has 0 aliphatic rings. The first-order chi connectivity index (χ1) is 9.57. The maximum Gasteiger partial charge on any atom is 0.346 e. The number of hydrogen-bond donors (Lipinski definition) is 0. The summed E-state index contributed by atoms with van der Waals surface area (Å²) < 4.78 is 25.4. The van der Waals surface area contributed by atoms with E-state index in [1.165, 1.54) is 33.5 Å². The van der Waals surface area contributed by atoms with E-state index in [1.807, 2.05) is 0 Å². The Labute approximate surface area is 117 Å². The molecular formula is C14H18O6. The highest BCUT2D eigenvalue weighted by atomic mass is 16.7. The van der Waals surface area contributed by atoms with Crippen molar-refractivity contribution < 1.29 is 28.5 Å². The molecule has 0 heterocycles. The average molecular weight is 282 g/mol. The zero-order chi connectivity index (χ0) is 15.1. The largest absolute Gasteiger partial charge is 0.493 e. The smallest absolute Gasteiger partial charge is 0.346 e. The highest BCUT2D eigenvalue weighted by Crippen LogP contribution is 2.38. The summed E-state index contributed by atoms with van der Waals surface area (Å²) in [5.74, 6) is 0.436. The van der Waals surface area contributed by atoms with Gasteiger partial charge in [0.1, 0.15) is 0 Å². The molecule has 0 amide bonds. The quantitative estimate of drug-likeness (QED) is 0.565. The van der Waals surface area contributed by atoms with Crippen LogP contribution in [0.15, 0.2) is 24.7 Å². The molecule has 0 unspecified atom stereocenters. The van der Waals surface area contributed by atoms with Gasteiger partial charge in [-0.15, -0.1) is 0 Å². The minimum Gasteiger partial charge on any atom is -0.493 e. The minimum atomic E-state index is -0.622. The minimum absolute atomic E-state index is 0.0637. The van der Waals surface area contributed by atoms with Crippen LogP contribution in [-0.4, -0.2) is 33.9 Å². The van der Waals surface area contributed by atoms with Gasteiger partial charge in [-0.2, -0.15) is 0 Å². The number of carbonyl (C=O) groups is 1. The van der Waals surface area contributed by atoms with Crippen molar-refractivity contribution in [2.24, 2.45) is 0 Å². The Bertz CT molecular complexity index is 469. The monoisotopic (exact) mass is 282 g/mol. The maximum atomic E-state index is 12.0. The molecule has 20 heavy (non-hydrogen) atoms. The molecule has 0 aliphatic carbocycles. The summed E-state index contributed by atoms with van der Waals surface area (Å²) in [6.45, 7) is 5.60. The van der Waals surface area contributed by atoms with Gasteiger partial charge >= 0.3 is 5.97 Å². The van der Waals surface area contributed by atoms with Crippen LogP contribution in [0.3, 0.4) is 0 Å². The number of hydrogen-bond acceptors (Lipinski definition) is 6. The summed E-state index contributed by atoms with van der Waals surface area (Å²) in [5.41, 5.74) is 0.236. The molecule has 0 bridgehead atoms. The van der Waals surface area contributed by atoms with Gasteiger partial charge in [-0.3, -0.25) is 0 Å². The number of methoxy groups -OCH3 is 3. The molecule has 0 aliphatic heterocycles. The number of ether oxygens (including phenoxy) is 5. The summed E-state index contributed by atoms with van der Waals surface area (Å²) in [7, 11) is 4.41. The Morgan fingerprint density at radius 2 is 1.65 bits per heavy atom. The molecule has 0 radical (unpaired) electrons. The second kappa shape index (κ2) is 7.28. The Kier molecular flexibility index (Phi) is 5.71. The number of esters is 1. The van der Waals surface area contributed by atoms with Crippen LogP contribution >= 0.6 is 0 Å². The summed E-state index contributed by atoms with van der Waals surface area (Å²) in [6, 6.07) is 2.98. The third kappa shape index (κ3) is 3.57. The van der Waals surface area contributed by atoms with Gasteiger partial charge in [-0.25, -0.2) is 4.79 Å². The van der Waals surface area contributed by atoms with Crippen molar-refractivity contribution in [3.63, 3.8) is 0 Å². The lowest BCUT2D eigenvalue weighted by atomic mass is 10.2. The van der Waals surface area contributed by atoms with Gasteiger partial charge in [-0.1, -0.05) is 0 Å². The second-order valence-corrected chi connectivity index (χ2v) is 3.61. The third-order valence-corrected chi connectivity index (χ3v) is 2.41. The van der Waals surface area contributed by atoms with Crippen LogP contribution in [0.1, 0.15) is 17.3 Å². The average Bonchev–Trinajstić information content (AvgIpc) is 2.45. The van der Waals surface area contributed by atoms with Gasteiger partial charge in [0.05, 0.1) is 33.5 Å². The predicted molar refractivity (Wildman–Crippen MR) is 72.3 cm³/mol. The van der Waals surface area contributed by atoms with E-state index in [0.717, 1.165) is 0 Å². The lowest BCUT2D eigenvalue weighted by Crippen LogP contribution is -2.08. The molecule has 110 valence electrons. The van der Waals surface area contributed by atoms with Gasteiger partial charge in [0.2, 0.25) is 5.75 Å². The fourth-order valence-electron chi connectivity index (χ4n) is 1.55. The Morgan fingerprint density at radius 3 is 2.05 bits per heavy atom. The van der Waals surface area contributed by atoms with Crippen LogP contribution in [0, 0.1) is 0 Å². The summed E-state index contributed by atoms with van der Waals surface area (Å²) >= 11 is 0. The summed E-state index contributed by atoms with van der Waals surface area (Å²) in [4.78, 5) is 12.0. The zero-order valence-electron chi connectivity index (χ0n) is 12.0. The Hall–Kier alpha value is -2.37. The fourth-order valence-corrected chi connectivity index (χ4v) is 1.55. The van der Waals surface area contributed by atoms with Crippen molar-refractivity contribution in [1.29, 1.82) is 0 Å². The third-order valence-electron chi connectivity index (χ3n) is 2.41. The SMILES string of the molecule is C=C(OCC)OC(=O)c1cc(OC)c(OC)c(OC)c1. The lowest BCUT2D eigenvalue weighted by Gasteiger charge is -2.14. The summed E-state index contributed by atoms with van der Waals surface area (Å²) in [6.07, 6.45) is 0. The number of carbonyl (C=O) groups excluding carboxylic acids is 1. The van der Waals surface area contributed by atoms with Crippen LogP contribution in [0.5, 0.6) is 17.2 Å². The van der Waals surface area contributed by atoms with E-state index >= 15 is 0 Å². The Balaban J connectivity index is 3.06. The van der Waals surface area contributed by atoms with Gasteiger partial charge in [0.25, 0.3) is 5.95 Å². The van der Waals surface area contributed by atoms with Gasteiger partial charge in [-0.05, 0) is 25.6 Å². The molecule has 0 aromatic heterocycles. The van der Waals surface area contributed by atoms with Crippen LogP contribution in [0.25, 0.3) is 0 Å². The highest BCUT2D eigenvalue weighted by Gasteiger charge is 2.18. The fraction of sp³-hybridized carbons (Fsp3) is 0.357. The van der Waals surface area contributed by atoms with Crippen molar-refractivity contribution in [2.75, 3.05) is 27.9 Å². The Morgan fingerprint density at radius 1 is 1.10 bits per heavy atom. The first-order valence-corrected chi connectivity index (χ1v) is 5.91. The molecule has 0 spiro atoms. The van der Waals surface area contributed by atoms with Gasteiger partial charge in [0, 0.05) is 0 Å². The van der Waals surface area contributed by atoms with E-state index in [-0.39, 0.29) is 11.5 Å². The van der Waals surface area contributed by atoms with Crippen LogP contribution in [0.4, 0.5) is 0 Å². The molecule has 0 fully saturated rings. The van der Waals surface area contributed by atoms with E-state index in [1.54, 1.807) is 6.92 Å². The number of benzene rings is 1. The molecule has 0 saturated heterocycles. The normalized spacial score (nSPS) is 9.60. The molecule has 1 aromatic carbocycles. The molecular weight excluding hydrogens is 264 g/mol. The van der Waals surface area contributed by atoms with Crippen molar-refractivity contribution in [2.45, 2.75) is 6.92 Å². The molecule has 0 N–H and O–H groups in total. The van der Waals surface area contributed by atoms with Crippen LogP contribution in [-0.2, 0) is 9.47 Å². The van der Waals surface area contributed by atoms with Gasteiger partial charge in [0.15, 0.2) is 11.5 Å². The van der Waals surface area contributed by atoms with Gasteiger partial charge < -0.3 is 23.7 Å².